The normalized spacial score (nSPS) is 26.1. The van der Waals surface area contributed by atoms with E-state index >= 15 is 0 Å². The van der Waals surface area contributed by atoms with Crippen LogP contribution in [0.1, 0.15) is 213 Å². The number of fused-ring (bicyclic) bond motifs is 2. The molecule has 1 aromatic carbocycles. The fourth-order valence-electron chi connectivity index (χ4n) is 19.9. The van der Waals surface area contributed by atoms with E-state index in [2.05, 4.69) is 29.4 Å². The largest absolute Gasteiger partial charge is 0.395 e. The number of quaternary nitrogens is 2. The molecule has 12 heteroatoms. The van der Waals surface area contributed by atoms with Gasteiger partial charge in [-0.15, -0.1) is 0 Å². The number of likely N-dealkylation sites (tertiary alicyclic amines) is 6. The third kappa shape index (κ3) is 17.6. The van der Waals surface area contributed by atoms with E-state index in [1.165, 1.54) is 333 Å². The van der Waals surface area contributed by atoms with E-state index in [9.17, 15) is 20.4 Å². The van der Waals surface area contributed by atoms with Crippen LogP contribution in [-0.4, -0.2) is 216 Å². The first-order valence-electron chi connectivity index (χ1n) is 36.9. The molecule has 10 aliphatic rings. The molecule has 8 fully saturated rings. The van der Waals surface area contributed by atoms with Crippen LogP contribution in [0.4, 0.5) is 0 Å². The zero-order valence-corrected chi connectivity index (χ0v) is 54.0. The van der Waals surface area contributed by atoms with Crippen LogP contribution in [0.2, 0.25) is 0 Å². The summed E-state index contributed by atoms with van der Waals surface area (Å²) < 4.78 is 2.71. The molecule has 0 aliphatic carbocycles. The van der Waals surface area contributed by atoms with Crippen LogP contribution >= 0.6 is 0 Å². The second kappa shape index (κ2) is 32.2. The fraction of sp³-hybridized carbons (Fsp3) is 0.917. The highest BCUT2D eigenvalue weighted by Gasteiger charge is 2.49. The molecule has 0 radical (unpaired) electrons. The van der Waals surface area contributed by atoms with Crippen LogP contribution in [0.25, 0.3) is 0 Å². The maximum atomic E-state index is 9.50. The number of benzene rings is 1. The Hall–Kier alpha value is -1.26. The number of β-amino-alcohol motifs (C(OH)–C–C–N with tert-alkyl or cyclic N) is 4. The lowest BCUT2D eigenvalue weighted by atomic mass is 9.85. The van der Waals surface area contributed by atoms with Crippen molar-refractivity contribution in [3.05, 3.63) is 33.4 Å². The molecule has 478 valence electrons. The summed E-state index contributed by atoms with van der Waals surface area (Å²) in [7, 11) is 0. The van der Waals surface area contributed by atoms with Crippen molar-refractivity contribution in [2.45, 2.75) is 219 Å². The molecule has 0 unspecified atom stereocenters. The van der Waals surface area contributed by atoms with Crippen LogP contribution in [0, 0.1) is 47.3 Å². The summed E-state index contributed by atoms with van der Waals surface area (Å²) in [6.45, 7) is 32.6. The van der Waals surface area contributed by atoms with Crippen LogP contribution in [0.3, 0.4) is 0 Å². The zero-order valence-electron chi connectivity index (χ0n) is 54.0. The van der Waals surface area contributed by atoms with E-state index in [0.717, 1.165) is 73.5 Å². The minimum atomic E-state index is 0.304. The number of aliphatic hydroxyl groups excluding tert-OH is 4. The topological polar surface area (TPSA) is 100 Å². The van der Waals surface area contributed by atoms with Crippen molar-refractivity contribution in [3.8, 4) is 0 Å². The maximum Gasteiger partial charge on any atom is 0.105 e. The first kappa shape index (κ1) is 64.3. The van der Waals surface area contributed by atoms with Crippen LogP contribution in [0.5, 0.6) is 0 Å². The standard InChI is InChI=1S/C72H128N8O4/c81-49-41-73-29-13-59(14-30-73)5-1-7-63-21-37-77(38-22-63)53-67-69-55-79(45-25-65(26-46-79)11-3-9-61-17-33-75(34-18-61)43-51-83)57-71(69)68(54-78-39-23-64(24-40-78)8-2-6-60-15-31-74(32-16-60)42-50-82)72-58-80(56-70(67)72)47-27-66(28-48-80)12-4-10-62-19-35-76(36-20-62)44-52-84/h59-66,81-84H,1-58H2/q+2. The molecule has 0 amide bonds. The van der Waals surface area contributed by atoms with Crippen LogP contribution in [-0.2, 0) is 39.3 Å². The van der Waals surface area contributed by atoms with E-state index < -0.39 is 0 Å². The van der Waals surface area contributed by atoms with Gasteiger partial charge in [0.2, 0.25) is 0 Å². The summed E-state index contributed by atoms with van der Waals surface area (Å²) in [5, 5.41) is 37.9. The molecule has 10 aliphatic heterocycles. The monoisotopic (exact) mass is 1170 g/mol. The highest BCUT2D eigenvalue weighted by atomic mass is 16.3. The summed E-state index contributed by atoms with van der Waals surface area (Å²) in [5.74, 6) is 7.22. The van der Waals surface area contributed by atoms with Gasteiger partial charge < -0.3 is 49.0 Å². The van der Waals surface area contributed by atoms with E-state index in [-0.39, 0.29) is 0 Å². The minimum absolute atomic E-state index is 0.304. The average molecular weight is 1170 g/mol. The van der Waals surface area contributed by atoms with Gasteiger partial charge in [-0.05, 0) is 240 Å². The van der Waals surface area contributed by atoms with Crippen molar-refractivity contribution in [2.24, 2.45) is 47.3 Å². The smallest absolute Gasteiger partial charge is 0.105 e. The Morgan fingerprint density at radius 1 is 0.262 bits per heavy atom. The Labute approximate surface area is 513 Å². The van der Waals surface area contributed by atoms with Crippen molar-refractivity contribution in [1.29, 1.82) is 0 Å². The Morgan fingerprint density at radius 3 is 0.655 bits per heavy atom. The third-order valence-electron chi connectivity index (χ3n) is 25.8. The average Bonchev–Trinajstić information content (AvgIpc) is 1.95. The van der Waals surface area contributed by atoms with E-state index in [1.54, 1.807) is 0 Å². The number of rotatable bonds is 28. The zero-order chi connectivity index (χ0) is 57.6. The summed E-state index contributed by atoms with van der Waals surface area (Å²) in [6, 6.07) is 0. The lowest BCUT2D eigenvalue weighted by Gasteiger charge is -2.41. The Balaban J connectivity index is 0.762. The number of nitrogens with zero attached hydrogens (tertiary/aromatic N) is 8. The molecular weight excluding hydrogens is 1040 g/mol. The van der Waals surface area contributed by atoms with Crippen molar-refractivity contribution in [3.63, 3.8) is 0 Å². The summed E-state index contributed by atoms with van der Waals surface area (Å²) in [5.41, 5.74) is 11.2. The lowest BCUT2D eigenvalue weighted by Crippen LogP contribution is -2.49. The van der Waals surface area contributed by atoms with E-state index in [4.69, 9.17) is 0 Å². The third-order valence-corrected chi connectivity index (χ3v) is 25.8. The molecular formula is C72H128N8O4+2. The van der Waals surface area contributed by atoms with Gasteiger partial charge in [-0.2, -0.15) is 0 Å². The number of hydrogen-bond acceptors (Lipinski definition) is 10. The molecule has 12 nitrogen and oxygen atoms in total. The molecule has 1 aromatic rings. The SMILES string of the molecule is OCCN1CCC(CCCC2CCN(Cc3c4c(c(CN5CCC(CCCC6CCN(CCO)CC6)CC5)c5c3C[N+]3(CCC(CCCC6CCN(CCO)CC6)CC3)C5)C[N+]3(CCC(CCCC5CCN(CCO)CC5)CC3)C4)CC2)CC1. The minimum Gasteiger partial charge on any atom is -0.395 e. The fourth-order valence-corrected chi connectivity index (χ4v) is 19.9. The van der Waals surface area contributed by atoms with E-state index in [1.807, 2.05) is 33.4 Å². The van der Waals surface area contributed by atoms with Gasteiger partial charge >= 0.3 is 0 Å². The lowest BCUT2D eigenvalue weighted by molar-refractivity contribution is -0.953. The molecule has 11 rings (SSSR count). The molecule has 0 saturated carbocycles. The van der Waals surface area contributed by atoms with Crippen molar-refractivity contribution in [1.82, 2.24) is 29.4 Å². The number of hydrogen-bond donors (Lipinski definition) is 4. The predicted octanol–water partition coefficient (Wildman–Crippen LogP) is 10.1. The van der Waals surface area contributed by atoms with Crippen LogP contribution < -0.4 is 0 Å². The highest BCUT2D eigenvalue weighted by molar-refractivity contribution is 5.54. The van der Waals surface area contributed by atoms with Crippen molar-refractivity contribution < 1.29 is 29.4 Å². The van der Waals surface area contributed by atoms with Crippen molar-refractivity contribution in [2.75, 3.05) is 157 Å². The Kier molecular flexibility index (Phi) is 24.6. The maximum absolute atomic E-state index is 9.50. The Morgan fingerprint density at radius 2 is 0.452 bits per heavy atom. The second-order valence-corrected chi connectivity index (χ2v) is 31.2. The van der Waals surface area contributed by atoms with Crippen LogP contribution in [0.15, 0.2) is 0 Å². The molecule has 10 heterocycles. The molecule has 4 N–H and O–H groups in total. The van der Waals surface area contributed by atoms with Gasteiger partial charge in [0.25, 0.3) is 0 Å². The quantitative estimate of drug-likeness (QED) is 0.0608. The second-order valence-electron chi connectivity index (χ2n) is 31.2. The molecule has 0 atom stereocenters. The van der Waals surface area contributed by atoms with E-state index in [0.29, 0.717) is 26.4 Å². The summed E-state index contributed by atoms with van der Waals surface area (Å²) in [4.78, 5) is 15.9. The molecule has 2 spiro atoms. The highest BCUT2D eigenvalue weighted by Crippen LogP contribution is 2.48. The van der Waals surface area contributed by atoms with Gasteiger partial charge in [0.05, 0.1) is 52.6 Å². The molecule has 0 aromatic heterocycles. The van der Waals surface area contributed by atoms with Gasteiger partial charge in [-0.3, -0.25) is 9.80 Å². The molecule has 8 saturated heterocycles. The first-order valence-corrected chi connectivity index (χ1v) is 36.9. The number of aliphatic hydroxyl groups is 4. The van der Waals surface area contributed by atoms with Gasteiger partial charge in [-0.25, -0.2) is 0 Å². The molecule has 0 bridgehead atoms. The van der Waals surface area contributed by atoms with Gasteiger partial charge in [-0.1, -0.05) is 77.0 Å². The Bertz CT molecular complexity index is 1880. The summed E-state index contributed by atoms with van der Waals surface area (Å²) in [6.07, 6.45) is 39.1. The summed E-state index contributed by atoms with van der Waals surface area (Å²) >= 11 is 0. The first-order chi connectivity index (χ1) is 41.3. The molecule has 84 heavy (non-hydrogen) atoms. The van der Waals surface area contributed by atoms with Gasteiger partial charge in [0.1, 0.15) is 26.2 Å². The van der Waals surface area contributed by atoms with Crippen molar-refractivity contribution >= 4 is 0 Å². The van der Waals surface area contributed by atoms with Gasteiger partial charge in [0.15, 0.2) is 0 Å². The predicted molar refractivity (Wildman–Crippen MR) is 343 cm³/mol. The number of piperidine rings is 8. The van der Waals surface area contributed by atoms with Gasteiger partial charge in [0, 0.05) is 61.5 Å².